The van der Waals surface area contributed by atoms with Crippen LogP contribution in [0.4, 0.5) is 0 Å². The summed E-state index contributed by atoms with van der Waals surface area (Å²) in [6.45, 7) is 7.35. The summed E-state index contributed by atoms with van der Waals surface area (Å²) in [7, 11) is 0. The molecule has 1 aromatic heterocycles. The number of carbonyl (C=O) groups is 1. The number of hydrogen-bond donors (Lipinski definition) is 0. The van der Waals surface area contributed by atoms with Gasteiger partial charge in [-0.05, 0) is 33.1 Å². The highest BCUT2D eigenvalue weighted by atomic mass is 16.5. The summed E-state index contributed by atoms with van der Waals surface area (Å²) in [5.74, 6) is 1.74. The summed E-state index contributed by atoms with van der Waals surface area (Å²) >= 11 is 0. The van der Waals surface area contributed by atoms with Crippen LogP contribution in [0.25, 0.3) is 11.4 Å². The van der Waals surface area contributed by atoms with Gasteiger partial charge in [0.2, 0.25) is 17.6 Å². The molecule has 1 fully saturated rings. The van der Waals surface area contributed by atoms with Gasteiger partial charge in [-0.2, -0.15) is 4.98 Å². The minimum atomic E-state index is 0.0431. The predicted molar refractivity (Wildman–Crippen MR) is 108 cm³/mol. The lowest BCUT2D eigenvalue weighted by molar-refractivity contribution is -0.137. The first-order valence-corrected chi connectivity index (χ1v) is 10.2. The first-order valence-electron chi connectivity index (χ1n) is 10.2. The molecule has 2 atom stereocenters. The number of rotatable bonds is 4. The molecule has 4 rings (SSSR count). The van der Waals surface area contributed by atoms with Crippen molar-refractivity contribution in [2.45, 2.75) is 39.2 Å². The summed E-state index contributed by atoms with van der Waals surface area (Å²) in [6.07, 6.45) is 7.22. The SMILES string of the molecule is Cc1ccc(-c2noc(C(C)N3CCN(C(=O)C4CC=CCC4)CC3)n2)cc1. The van der Waals surface area contributed by atoms with Crippen LogP contribution in [0.15, 0.2) is 40.9 Å². The van der Waals surface area contributed by atoms with E-state index in [1.807, 2.05) is 29.2 Å². The molecule has 1 aliphatic heterocycles. The van der Waals surface area contributed by atoms with E-state index >= 15 is 0 Å². The highest BCUT2D eigenvalue weighted by Crippen LogP contribution is 2.25. The van der Waals surface area contributed by atoms with Crippen LogP contribution < -0.4 is 0 Å². The van der Waals surface area contributed by atoms with Gasteiger partial charge in [-0.25, -0.2) is 0 Å². The van der Waals surface area contributed by atoms with Gasteiger partial charge in [0.1, 0.15) is 0 Å². The zero-order valence-electron chi connectivity index (χ0n) is 16.7. The van der Waals surface area contributed by atoms with E-state index in [1.54, 1.807) is 0 Å². The molecule has 1 amide bonds. The molecule has 6 nitrogen and oxygen atoms in total. The van der Waals surface area contributed by atoms with Crippen LogP contribution in [-0.4, -0.2) is 52.0 Å². The Morgan fingerprint density at radius 3 is 2.57 bits per heavy atom. The molecule has 2 heterocycles. The fraction of sp³-hybridized carbons (Fsp3) is 0.500. The minimum Gasteiger partial charge on any atom is -0.340 e. The molecule has 1 saturated heterocycles. The molecule has 0 radical (unpaired) electrons. The zero-order valence-corrected chi connectivity index (χ0v) is 16.7. The molecule has 0 saturated carbocycles. The van der Waals surface area contributed by atoms with Crippen LogP contribution in [0.5, 0.6) is 0 Å². The number of allylic oxidation sites excluding steroid dienone is 2. The number of hydrogen-bond acceptors (Lipinski definition) is 5. The second-order valence-electron chi connectivity index (χ2n) is 7.84. The Hall–Kier alpha value is -2.47. The van der Waals surface area contributed by atoms with Gasteiger partial charge < -0.3 is 9.42 Å². The second kappa shape index (κ2) is 8.27. The van der Waals surface area contributed by atoms with Crippen molar-refractivity contribution >= 4 is 5.91 Å². The number of benzene rings is 1. The maximum absolute atomic E-state index is 12.7. The monoisotopic (exact) mass is 380 g/mol. The van der Waals surface area contributed by atoms with E-state index in [0.29, 0.717) is 17.6 Å². The van der Waals surface area contributed by atoms with Gasteiger partial charge in [0.05, 0.1) is 6.04 Å². The number of aromatic nitrogens is 2. The van der Waals surface area contributed by atoms with E-state index in [4.69, 9.17) is 4.52 Å². The summed E-state index contributed by atoms with van der Waals surface area (Å²) in [5, 5.41) is 4.15. The van der Waals surface area contributed by atoms with E-state index in [0.717, 1.165) is 51.0 Å². The summed E-state index contributed by atoms with van der Waals surface area (Å²) in [4.78, 5) is 21.7. The van der Waals surface area contributed by atoms with Crippen molar-refractivity contribution in [3.63, 3.8) is 0 Å². The van der Waals surface area contributed by atoms with Crippen LogP contribution >= 0.6 is 0 Å². The van der Waals surface area contributed by atoms with Crippen molar-refractivity contribution in [3.8, 4) is 11.4 Å². The van der Waals surface area contributed by atoms with Crippen molar-refractivity contribution < 1.29 is 9.32 Å². The van der Waals surface area contributed by atoms with Crippen molar-refractivity contribution in [1.82, 2.24) is 19.9 Å². The summed E-state index contributed by atoms with van der Waals surface area (Å²) in [5.41, 5.74) is 2.17. The maximum Gasteiger partial charge on any atom is 0.244 e. The average Bonchev–Trinajstić information content (AvgIpc) is 3.24. The quantitative estimate of drug-likeness (QED) is 0.759. The molecular formula is C22H28N4O2. The van der Waals surface area contributed by atoms with E-state index in [9.17, 15) is 4.79 Å². The molecule has 0 spiro atoms. The van der Waals surface area contributed by atoms with Crippen molar-refractivity contribution in [2.75, 3.05) is 26.2 Å². The van der Waals surface area contributed by atoms with Crippen LogP contribution in [0.1, 0.15) is 43.7 Å². The molecule has 148 valence electrons. The molecule has 1 aromatic carbocycles. The lowest BCUT2D eigenvalue weighted by Crippen LogP contribution is -2.50. The van der Waals surface area contributed by atoms with Gasteiger partial charge in [0.25, 0.3) is 0 Å². The van der Waals surface area contributed by atoms with E-state index in [2.05, 4.69) is 41.0 Å². The molecule has 2 aliphatic rings. The van der Waals surface area contributed by atoms with Crippen LogP contribution in [0, 0.1) is 12.8 Å². The van der Waals surface area contributed by atoms with Crippen LogP contribution in [0.2, 0.25) is 0 Å². The third-order valence-corrected chi connectivity index (χ3v) is 5.90. The van der Waals surface area contributed by atoms with Gasteiger partial charge in [-0.3, -0.25) is 9.69 Å². The Balaban J connectivity index is 1.35. The van der Waals surface area contributed by atoms with Crippen molar-refractivity contribution in [1.29, 1.82) is 0 Å². The van der Waals surface area contributed by atoms with Crippen LogP contribution in [0.3, 0.4) is 0 Å². The molecular weight excluding hydrogens is 352 g/mol. The average molecular weight is 380 g/mol. The van der Waals surface area contributed by atoms with Crippen molar-refractivity contribution in [2.24, 2.45) is 5.92 Å². The molecule has 0 bridgehead atoms. The lowest BCUT2D eigenvalue weighted by atomic mass is 9.93. The molecule has 2 aromatic rings. The standard InChI is InChI=1S/C22H28N4O2/c1-16-8-10-18(11-9-16)20-23-21(28-24-20)17(2)25-12-14-26(15-13-25)22(27)19-6-4-3-5-7-19/h3-4,8-11,17,19H,5-7,12-15H2,1-2H3. The van der Waals surface area contributed by atoms with Gasteiger partial charge in [0.15, 0.2) is 0 Å². The van der Waals surface area contributed by atoms with Gasteiger partial charge >= 0.3 is 0 Å². The van der Waals surface area contributed by atoms with Gasteiger partial charge in [-0.1, -0.05) is 47.1 Å². The number of nitrogens with zero attached hydrogens (tertiary/aromatic N) is 4. The third kappa shape index (κ3) is 4.02. The normalized spacial score (nSPS) is 21.6. The minimum absolute atomic E-state index is 0.0431. The third-order valence-electron chi connectivity index (χ3n) is 5.90. The number of aryl methyl sites for hydroxylation is 1. The summed E-state index contributed by atoms with van der Waals surface area (Å²) < 4.78 is 5.54. The zero-order chi connectivity index (χ0) is 19.5. The Kier molecular flexibility index (Phi) is 5.57. The molecule has 28 heavy (non-hydrogen) atoms. The number of amides is 1. The Morgan fingerprint density at radius 1 is 1.14 bits per heavy atom. The fourth-order valence-electron chi connectivity index (χ4n) is 3.99. The fourth-order valence-corrected chi connectivity index (χ4v) is 3.99. The number of piperazine rings is 1. The lowest BCUT2D eigenvalue weighted by Gasteiger charge is -2.38. The Bertz CT molecular complexity index is 834. The van der Waals surface area contributed by atoms with E-state index in [1.165, 1.54) is 5.56 Å². The largest absolute Gasteiger partial charge is 0.340 e. The molecule has 0 N–H and O–H groups in total. The van der Waals surface area contributed by atoms with Crippen LogP contribution in [-0.2, 0) is 4.79 Å². The second-order valence-corrected chi connectivity index (χ2v) is 7.84. The topological polar surface area (TPSA) is 62.5 Å². The Labute approximate surface area is 166 Å². The highest BCUT2D eigenvalue weighted by Gasteiger charge is 2.30. The summed E-state index contributed by atoms with van der Waals surface area (Å²) in [6, 6.07) is 8.17. The first-order chi connectivity index (χ1) is 13.6. The van der Waals surface area contributed by atoms with E-state index < -0.39 is 0 Å². The maximum atomic E-state index is 12.7. The van der Waals surface area contributed by atoms with Crippen molar-refractivity contribution in [3.05, 3.63) is 47.9 Å². The highest BCUT2D eigenvalue weighted by molar-refractivity contribution is 5.79. The van der Waals surface area contributed by atoms with E-state index in [-0.39, 0.29) is 12.0 Å². The smallest absolute Gasteiger partial charge is 0.244 e. The van der Waals surface area contributed by atoms with Gasteiger partial charge in [-0.15, -0.1) is 0 Å². The molecule has 2 unspecified atom stereocenters. The number of carbonyl (C=O) groups excluding carboxylic acids is 1. The first kappa shape index (κ1) is 18.9. The molecule has 1 aliphatic carbocycles. The predicted octanol–water partition coefficient (Wildman–Crippen LogP) is 3.61. The Morgan fingerprint density at radius 2 is 1.89 bits per heavy atom. The molecule has 6 heteroatoms. The van der Waals surface area contributed by atoms with Gasteiger partial charge in [0, 0.05) is 37.7 Å².